The van der Waals surface area contributed by atoms with Crippen LogP contribution in [0.1, 0.15) is 12.0 Å². The van der Waals surface area contributed by atoms with Crippen molar-refractivity contribution in [3.8, 4) is 0 Å². The van der Waals surface area contributed by atoms with Gasteiger partial charge in [-0.15, -0.1) is 24.8 Å². The summed E-state index contributed by atoms with van der Waals surface area (Å²) in [5.41, 5.74) is 2.82. The van der Waals surface area contributed by atoms with Gasteiger partial charge in [-0.1, -0.05) is 18.2 Å². The van der Waals surface area contributed by atoms with Gasteiger partial charge in [-0.3, -0.25) is 24.7 Å². The first-order chi connectivity index (χ1) is 15.4. The number of carbonyl (C=O) groups excluding carboxylic acids is 2. The summed E-state index contributed by atoms with van der Waals surface area (Å²) < 4.78 is 4.93. The van der Waals surface area contributed by atoms with E-state index < -0.39 is 0 Å². The summed E-state index contributed by atoms with van der Waals surface area (Å²) in [5, 5.41) is 10.8. The molecule has 2 atom stereocenters. The minimum Gasteiger partial charge on any atom is -0.466 e. The lowest BCUT2D eigenvalue weighted by Crippen LogP contribution is -2.47. The summed E-state index contributed by atoms with van der Waals surface area (Å²) in [6.45, 7) is 5.02. The third-order valence-electron chi connectivity index (χ3n) is 6.63. The summed E-state index contributed by atoms with van der Waals surface area (Å²) in [5.74, 6) is -0.765. The van der Waals surface area contributed by atoms with E-state index in [0.717, 1.165) is 50.4 Å². The van der Waals surface area contributed by atoms with E-state index in [1.807, 2.05) is 12.1 Å². The Morgan fingerprint density at radius 1 is 1.09 bits per heavy atom. The molecule has 1 aromatic carbocycles. The van der Waals surface area contributed by atoms with Crippen LogP contribution in [0.25, 0.3) is 0 Å². The second-order valence-corrected chi connectivity index (χ2v) is 8.60. The van der Waals surface area contributed by atoms with E-state index in [9.17, 15) is 19.7 Å². The first kappa shape index (κ1) is 27.8. The van der Waals surface area contributed by atoms with Gasteiger partial charge in [0.2, 0.25) is 5.91 Å². The molecule has 2 heterocycles. The highest BCUT2D eigenvalue weighted by molar-refractivity contribution is 5.95. The van der Waals surface area contributed by atoms with Crippen molar-refractivity contribution in [3.63, 3.8) is 0 Å². The lowest BCUT2D eigenvalue weighted by molar-refractivity contribution is -0.384. The number of rotatable bonds is 6. The Balaban J connectivity index is 0.00000204. The molecule has 0 radical (unpaired) electrons. The first-order valence-corrected chi connectivity index (χ1v) is 10.8. The quantitative estimate of drug-likeness (QED) is 0.250. The molecule has 1 aliphatic carbocycles. The molecule has 0 unspecified atom stereocenters. The number of nitro groups is 1. The molecule has 1 saturated heterocycles. The van der Waals surface area contributed by atoms with Gasteiger partial charge in [-0.25, -0.2) is 4.79 Å². The molecule has 0 N–H and O–H groups in total. The van der Waals surface area contributed by atoms with Crippen LogP contribution < -0.4 is 0 Å². The van der Waals surface area contributed by atoms with E-state index >= 15 is 0 Å². The Morgan fingerprint density at radius 2 is 1.68 bits per heavy atom. The number of esters is 1. The molecule has 4 rings (SSSR count). The van der Waals surface area contributed by atoms with E-state index in [2.05, 4.69) is 15.9 Å². The van der Waals surface area contributed by atoms with Gasteiger partial charge in [-0.05, 0) is 17.6 Å². The van der Waals surface area contributed by atoms with Crippen LogP contribution in [0.3, 0.4) is 0 Å². The second-order valence-electron chi connectivity index (χ2n) is 8.60. The van der Waals surface area contributed by atoms with Crippen molar-refractivity contribution in [1.29, 1.82) is 0 Å². The molecule has 2 aliphatic heterocycles. The number of nitro benzene ring substituents is 1. The molecular weight excluding hydrogens is 483 g/mol. The van der Waals surface area contributed by atoms with Gasteiger partial charge in [0.25, 0.3) is 5.69 Å². The summed E-state index contributed by atoms with van der Waals surface area (Å²) in [6.07, 6.45) is 4.41. The number of fused-ring (bicyclic) bond motifs is 1. The van der Waals surface area contributed by atoms with Crippen molar-refractivity contribution < 1.29 is 19.2 Å². The van der Waals surface area contributed by atoms with Crippen LogP contribution in [-0.4, -0.2) is 78.4 Å². The zero-order chi connectivity index (χ0) is 22.8. The van der Waals surface area contributed by atoms with Crippen LogP contribution in [-0.2, 0) is 20.9 Å². The topological polar surface area (TPSA) is 96.2 Å². The first-order valence-electron chi connectivity index (χ1n) is 10.8. The number of carbonyl (C=O) groups is 2. The number of non-ortho nitro benzene ring substituents is 1. The standard InChI is InChI=1S/C23H28N4O5.2ClH/c1-24-15-20(23(29)32-2)19-8-5-17(21(19)22(24)28)14-26-11-9-25(10-12-26)13-16-3-6-18(7-4-16)27(30)31;;/h3-7,15,19,21H,8-14H2,1-2H3;2*1H/t19-,21-;;/m1../s1. The van der Waals surface area contributed by atoms with Crippen molar-refractivity contribution in [2.45, 2.75) is 13.0 Å². The highest BCUT2D eigenvalue weighted by Crippen LogP contribution is 2.41. The van der Waals surface area contributed by atoms with Gasteiger partial charge < -0.3 is 9.64 Å². The fraction of sp³-hybridized carbons (Fsp3) is 0.478. The molecule has 34 heavy (non-hydrogen) atoms. The fourth-order valence-corrected chi connectivity index (χ4v) is 4.85. The molecular formula is C23H30Cl2N4O5. The van der Waals surface area contributed by atoms with Gasteiger partial charge in [0.05, 0.1) is 23.5 Å². The minimum absolute atomic E-state index is 0. The van der Waals surface area contributed by atoms with E-state index in [4.69, 9.17) is 4.74 Å². The number of allylic oxidation sites excluding steroid dienone is 1. The highest BCUT2D eigenvalue weighted by Gasteiger charge is 2.44. The Hall–Kier alpha value is -2.46. The molecule has 0 bridgehead atoms. The van der Waals surface area contributed by atoms with E-state index in [0.29, 0.717) is 12.0 Å². The number of hydrogen-bond donors (Lipinski definition) is 0. The third kappa shape index (κ3) is 5.78. The van der Waals surface area contributed by atoms with E-state index in [-0.39, 0.29) is 59.1 Å². The maximum Gasteiger partial charge on any atom is 0.335 e. The van der Waals surface area contributed by atoms with Crippen LogP contribution in [0.5, 0.6) is 0 Å². The van der Waals surface area contributed by atoms with Gasteiger partial charge in [0, 0.05) is 70.6 Å². The monoisotopic (exact) mass is 512 g/mol. The average molecular weight is 513 g/mol. The molecule has 3 aliphatic rings. The maximum absolute atomic E-state index is 12.9. The van der Waals surface area contributed by atoms with Crippen molar-refractivity contribution in [1.82, 2.24) is 14.7 Å². The number of hydrogen-bond acceptors (Lipinski definition) is 7. The van der Waals surface area contributed by atoms with Crippen molar-refractivity contribution in [2.24, 2.45) is 11.8 Å². The predicted octanol–water partition coefficient (Wildman–Crippen LogP) is 2.65. The number of benzene rings is 1. The van der Waals surface area contributed by atoms with Crippen LogP contribution in [0.4, 0.5) is 5.69 Å². The van der Waals surface area contributed by atoms with Gasteiger partial charge in [0.15, 0.2) is 0 Å². The lowest BCUT2D eigenvalue weighted by Gasteiger charge is -2.37. The van der Waals surface area contributed by atoms with E-state index in [1.165, 1.54) is 12.0 Å². The van der Waals surface area contributed by atoms with Crippen molar-refractivity contribution in [2.75, 3.05) is 46.9 Å². The van der Waals surface area contributed by atoms with Crippen molar-refractivity contribution in [3.05, 3.63) is 63.4 Å². The summed E-state index contributed by atoms with van der Waals surface area (Å²) in [7, 11) is 3.06. The molecule has 0 spiro atoms. The van der Waals surface area contributed by atoms with E-state index in [1.54, 1.807) is 25.4 Å². The summed E-state index contributed by atoms with van der Waals surface area (Å²) in [6, 6.07) is 6.71. The minimum atomic E-state index is -0.385. The smallest absolute Gasteiger partial charge is 0.335 e. The molecule has 0 saturated carbocycles. The Kier molecular flexibility index (Phi) is 9.64. The number of amides is 1. The number of methoxy groups -OCH3 is 1. The van der Waals surface area contributed by atoms with Crippen molar-refractivity contribution >= 4 is 42.4 Å². The third-order valence-corrected chi connectivity index (χ3v) is 6.63. The van der Waals surface area contributed by atoms with Crippen LogP contribution in [0, 0.1) is 22.0 Å². The molecule has 1 fully saturated rings. The van der Waals surface area contributed by atoms with Gasteiger partial charge in [0.1, 0.15) is 0 Å². The number of halogens is 2. The largest absolute Gasteiger partial charge is 0.466 e. The summed E-state index contributed by atoms with van der Waals surface area (Å²) in [4.78, 5) is 41.7. The predicted molar refractivity (Wildman–Crippen MR) is 132 cm³/mol. The molecule has 0 aromatic heterocycles. The van der Waals surface area contributed by atoms with Crippen LogP contribution >= 0.6 is 24.8 Å². The zero-order valence-corrected chi connectivity index (χ0v) is 20.8. The van der Waals surface area contributed by atoms with Crippen LogP contribution in [0.2, 0.25) is 0 Å². The normalized spacial score (nSPS) is 22.6. The maximum atomic E-state index is 12.9. The molecule has 11 heteroatoms. The van der Waals surface area contributed by atoms with Gasteiger partial charge in [-0.2, -0.15) is 0 Å². The number of piperazine rings is 1. The molecule has 9 nitrogen and oxygen atoms in total. The average Bonchev–Trinajstić information content (AvgIpc) is 3.21. The molecule has 1 aromatic rings. The van der Waals surface area contributed by atoms with Gasteiger partial charge >= 0.3 is 5.97 Å². The Morgan fingerprint density at radius 3 is 2.24 bits per heavy atom. The molecule has 186 valence electrons. The fourth-order valence-electron chi connectivity index (χ4n) is 4.85. The molecule has 1 amide bonds. The SMILES string of the molecule is COC(=O)C1=CN(C)C(=O)[C@@H]2C(CN3CCN(Cc4ccc([N+](=O)[O-])cc4)CC3)=CC[C@H]12.Cl.Cl. The number of ether oxygens (including phenoxy) is 1. The highest BCUT2D eigenvalue weighted by atomic mass is 35.5. The number of nitrogens with zero attached hydrogens (tertiary/aromatic N) is 4. The summed E-state index contributed by atoms with van der Waals surface area (Å²) >= 11 is 0. The van der Waals surface area contributed by atoms with Crippen LogP contribution in [0.15, 0.2) is 47.7 Å². The Bertz CT molecular complexity index is 974. The lowest BCUT2D eigenvalue weighted by atomic mass is 9.82. The Labute approximate surface area is 211 Å². The second kappa shape index (κ2) is 11.8. The zero-order valence-electron chi connectivity index (χ0n) is 19.2.